The molecule has 0 aliphatic rings. The molecule has 0 fully saturated rings. The molecule has 0 unspecified atom stereocenters. The van der Waals surface area contributed by atoms with Crippen molar-refractivity contribution in [2.75, 3.05) is 4.72 Å². The van der Waals surface area contributed by atoms with Crippen molar-refractivity contribution in [2.24, 2.45) is 0 Å². The number of thiophene rings is 1. The van der Waals surface area contributed by atoms with Gasteiger partial charge in [0.15, 0.2) is 0 Å². The standard InChI is InChI=1S/C22H16ClNO4S2/c1-14-19-13-16(23)10-11-20(19)29-22(14)30(26,27)24-17-7-5-6-15(12-17)21(25)28-18-8-3-2-4-9-18/h2-13,24H,1H3. The van der Waals surface area contributed by atoms with Crippen molar-refractivity contribution < 1.29 is 17.9 Å². The molecule has 0 aliphatic heterocycles. The van der Waals surface area contributed by atoms with Crippen molar-refractivity contribution in [1.82, 2.24) is 0 Å². The molecule has 5 nitrogen and oxygen atoms in total. The molecule has 4 rings (SSSR count). The summed E-state index contributed by atoms with van der Waals surface area (Å²) >= 11 is 7.22. The van der Waals surface area contributed by atoms with E-state index >= 15 is 0 Å². The van der Waals surface area contributed by atoms with Crippen molar-refractivity contribution in [2.45, 2.75) is 11.1 Å². The molecule has 1 N–H and O–H groups in total. The van der Waals surface area contributed by atoms with E-state index in [1.807, 2.05) is 6.07 Å². The molecule has 0 spiro atoms. The van der Waals surface area contributed by atoms with Crippen LogP contribution in [0.3, 0.4) is 0 Å². The second-order valence-corrected chi connectivity index (χ2v) is 9.91. The number of esters is 1. The Morgan fingerprint density at radius 2 is 1.77 bits per heavy atom. The predicted molar refractivity (Wildman–Crippen MR) is 120 cm³/mol. The van der Waals surface area contributed by atoms with Crippen LogP contribution in [0.25, 0.3) is 10.1 Å². The van der Waals surface area contributed by atoms with Crippen LogP contribution in [0.2, 0.25) is 5.02 Å². The van der Waals surface area contributed by atoms with E-state index < -0.39 is 16.0 Å². The Balaban J connectivity index is 1.60. The van der Waals surface area contributed by atoms with E-state index in [0.717, 1.165) is 10.1 Å². The summed E-state index contributed by atoms with van der Waals surface area (Å²) < 4.78 is 34.9. The summed E-state index contributed by atoms with van der Waals surface area (Å²) in [5.74, 6) is -0.164. The van der Waals surface area contributed by atoms with E-state index in [2.05, 4.69) is 4.72 Å². The van der Waals surface area contributed by atoms with Crippen LogP contribution in [0, 0.1) is 6.92 Å². The highest BCUT2D eigenvalue weighted by Gasteiger charge is 2.22. The Hall–Kier alpha value is -2.87. The number of halogens is 1. The van der Waals surface area contributed by atoms with Crippen LogP contribution in [-0.4, -0.2) is 14.4 Å². The van der Waals surface area contributed by atoms with Gasteiger partial charge in [-0.3, -0.25) is 4.72 Å². The smallest absolute Gasteiger partial charge is 0.343 e. The van der Waals surface area contributed by atoms with E-state index in [4.69, 9.17) is 16.3 Å². The molecule has 0 amide bonds. The van der Waals surface area contributed by atoms with E-state index in [1.165, 1.54) is 17.4 Å². The molecule has 4 aromatic rings. The third-order valence-corrected chi connectivity index (χ3v) is 7.91. The SMILES string of the molecule is Cc1c(S(=O)(=O)Nc2cccc(C(=O)Oc3ccccc3)c2)sc2ccc(Cl)cc12. The maximum absolute atomic E-state index is 13.0. The zero-order valence-corrected chi connectivity index (χ0v) is 18.1. The average molecular weight is 458 g/mol. The highest BCUT2D eigenvalue weighted by Crippen LogP contribution is 2.36. The zero-order chi connectivity index (χ0) is 21.3. The van der Waals surface area contributed by atoms with Gasteiger partial charge in [0.2, 0.25) is 0 Å². The van der Waals surface area contributed by atoms with E-state index in [0.29, 0.717) is 16.3 Å². The van der Waals surface area contributed by atoms with Gasteiger partial charge in [0.1, 0.15) is 9.96 Å². The fourth-order valence-electron chi connectivity index (χ4n) is 2.99. The fraction of sp³-hybridized carbons (Fsp3) is 0.0455. The van der Waals surface area contributed by atoms with Crippen LogP contribution in [0.4, 0.5) is 5.69 Å². The maximum atomic E-state index is 13.0. The highest BCUT2D eigenvalue weighted by molar-refractivity contribution is 7.94. The monoisotopic (exact) mass is 457 g/mol. The van der Waals surface area contributed by atoms with E-state index in [-0.39, 0.29) is 15.5 Å². The molecule has 1 aromatic heterocycles. The van der Waals surface area contributed by atoms with Crippen molar-refractivity contribution in [3.63, 3.8) is 0 Å². The van der Waals surface area contributed by atoms with Gasteiger partial charge < -0.3 is 4.74 Å². The first kappa shape index (κ1) is 20.4. The zero-order valence-electron chi connectivity index (χ0n) is 15.8. The average Bonchev–Trinajstić information content (AvgIpc) is 3.05. The van der Waals surface area contributed by atoms with Gasteiger partial charge in [0, 0.05) is 15.4 Å². The Bertz CT molecular complexity index is 1350. The summed E-state index contributed by atoms with van der Waals surface area (Å²) in [7, 11) is -3.85. The number of hydrogen-bond donors (Lipinski definition) is 1. The molecule has 0 atom stereocenters. The summed E-state index contributed by atoms with van der Waals surface area (Å²) in [5.41, 5.74) is 1.14. The quantitative estimate of drug-likeness (QED) is 0.300. The van der Waals surface area contributed by atoms with Gasteiger partial charge in [0.25, 0.3) is 10.0 Å². The number of ether oxygens (including phenoxy) is 1. The Labute approximate surface area is 182 Å². The number of anilines is 1. The molecule has 1 heterocycles. The predicted octanol–water partition coefficient (Wildman–Crippen LogP) is 5.88. The van der Waals surface area contributed by atoms with Crippen LogP contribution in [-0.2, 0) is 10.0 Å². The van der Waals surface area contributed by atoms with E-state index in [1.54, 1.807) is 67.6 Å². The summed E-state index contributed by atoms with van der Waals surface area (Å²) in [6, 6.07) is 20.1. The van der Waals surface area contributed by atoms with E-state index in [9.17, 15) is 13.2 Å². The highest BCUT2D eigenvalue weighted by atomic mass is 35.5. The second kappa shape index (κ2) is 8.10. The lowest BCUT2D eigenvalue weighted by atomic mass is 10.2. The molecule has 152 valence electrons. The molecule has 8 heteroatoms. The van der Waals surface area contributed by atoms with Gasteiger partial charge in [0.05, 0.1) is 5.56 Å². The number of nitrogens with one attached hydrogen (secondary N) is 1. The molecule has 0 saturated heterocycles. The molecule has 0 bridgehead atoms. The number of para-hydroxylation sites is 1. The lowest BCUT2D eigenvalue weighted by Gasteiger charge is -2.09. The number of rotatable bonds is 5. The third-order valence-electron chi connectivity index (χ3n) is 4.40. The summed E-state index contributed by atoms with van der Waals surface area (Å²) in [5, 5.41) is 1.35. The Morgan fingerprint density at radius 1 is 1.00 bits per heavy atom. The molecule has 30 heavy (non-hydrogen) atoms. The summed E-state index contributed by atoms with van der Waals surface area (Å²) in [6.07, 6.45) is 0. The first-order valence-corrected chi connectivity index (χ1v) is 11.6. The number of aryl methyl sites for hydroxylation is 1. The third kappa shape index (κ3) is 4.18. The number of carbonyl (C=O) groups excluding carboxylic acids is 1. The van der Waals surface area contributed by atoms with Gasteiger partial charge >= 0.3 is 5.97 Å². The molecule has 3 aromatic carbocycles. The molecular weight excluding hydrogens is 442 g/mol. The van der Waals surface area contributed by atoms with Crippen molar-refractivity contribution in [3.05, 3.63) is 88.9 Å². The summed E-state index contributed by atoms with van der Waals surface area (Å²) in [4.78, 5) is 12.4. The van der Waals surface area contributed by atoms with Crippen LogP contribution in [0.15, 0.2) is 77.0 Å². The van der Waals surface area contributed by atoms with Gasteiger partial charge in [-0.15, -0.1) is 11.3 Å². The fourth-order valence-corrected chi connectivity index (χ4v) is 5.96. The van der Waals surface area contributed by atoms with Crippen LogP contribution < -0.4 is 9.46 Å². The number of fused-ring (bicyclic) bond motifs is 1. The maximum Gasteiger partial charge on any atom is 0.343 e. The lowest BCUT2D eigenvalue weighted by molar-refractivity contribution is 0.0735. The lowest BCUT2D eigenvalue weighted by Crippen LogP contribution is -2.14. The van der Waals surface area contributed by atoms with Gasteiger partial charge in [-0.1, -0.05) is 35.9 Å². The first-order chi connectivity index (χ1) is 14.3. The minimum Gasteiger partial charge on any atom is -0.423 e. The molecule has 0 radical (unpaired) electrons. The molecular formula is C22H16ClNO4S2. The first-order valence-electron chi connectivity index (χ1n) is 8.92. The Kier molecular flexibility index (Phi) is 5.51. The van der Waals surface area contributed by atoms with Crippen molar-refractivity contribution in [3.8, 4) is 5.75 Å². The largest absolute Gasteiger partial charge is 0.423 e. The Morgan fingerprint density at radius 3 is 2.53 bits per heavy atom. The van der Waals surface area contributed by atoms with Gasteiger partial charge in [-0.25, -0.2) is 13.2 Å². The number of carbonyl (C=O) groups is 1. The van der Waals surface area contributed by atoms with Gasteiger partial charge in [-0.2, -0.15) is 0 Å². The number of sulfonamides is 1. The second-order valence-electron chi connectivity index (χ2n) is 6.54. The van der Waals surface area contributed by atoms with Crippen molar-refractivity contribution >= 4 is 54.7 Å². The minimum atomic E-state index is -3.85. The van der Waals surface area contributed by atoms with Crippen LogP contribution in [0.5, 0.6) is 5.75 Å². The summed E-state index contributed by atoms with van der Waals surface area (Å²) in [6.45, 7) is 1.75. The number of hydrogen-bond acceptors (Lipinski definition) is 5. The normalized spacial score (nSPS) is 11.4. The van der Waals surface area contributed by atoms with Crippen LogP contribution in [0.1, 0.15) is 15.9 Å². The van der Waals surface area contributed by atoms with Gasteiger partial charge in [-0.05, 0) is 66.4 Å². The van der Waals surface area contributed by atoms with Crippen LogP contribution >= 0.6 is 22.9 Å². The minimum absolute atomic E-state index is 0.206. The topological polar surface area (TPSA) is 72.5 Å². The number of benzene rings is 3. The van der Waals surface area contributed by atoms with Crippen molar-refractivity contribution in [1.29, 1.82) is 0 Å². The molecule has 0 aliphatic carbocycles. The molecule has 0 saturated carbocycles.